The summed E-state index contributed by atoms with van der Waals surface area (Å²) in [5, 5.41) is 9.76. The lowest BCUT2D eigenvalue weighted by atomic mass is 9.70. The van der Waals surface area contributed by atoms with Gasteiger partial charge in [-0.3, -0.25) is 4.79 Å². The molecule has 1 aromatic carbocycles. The molecule has 0 saturated heterocycles. The number of rotatable bonds is 6. The van der Waals surface area contributed by atoms with E-state index in [2.05, 4.69) is 6.07 Å². The number of carbonyl (C=O) groups is 1. The molecule has 3 rings (SSSR count). The molecule has 0 saturated carbocycles. The highest BCUT2D eigenvalue weighted by molar-refractivity contribution is 6.00. The minimum atomic E-state index is -0.563. The van der Waals surface area contributed by atoms with Gasteiger partial charge in [0.2, 0.25) is 5.88 Å². The summed E-state index contributed by atoms with van der Waals surface area (Å²) in [6, 6.07) is 7.68. The third-order valence-corrected chi connectivity index (χ3v) is 5.14. The van der Waals surface area contributed by atoms with Crippen LogP contribution in [0.15, 0.2) is 41.0 Å². The number of hydrogen-bond donors (Lipinski definition) is 1. The fraction of sp³-hybridized carbons (Fsp3) is 0.478. The lowest BCUT2D eigenvalue weighted by Gasteiger charge is -2.37. The maximum atomic E-state index is 13.0. The van der Waals surface area contributed by atoms with Crippen LogP contribution in [-0.4, -0.2) is 19.0 Å². The molecule has 0 spiro atoms. The zero-order chi connectivity index (χ0) is 21.2. The second-order valence-electron chi connectivity index (χ2n) is 8.19. The molecular formula is C23H28N2O4. The van der Waals surface area contributed by atoms with Crippen molar-refractivity contribution in [2.45, 2.75) is 52.9 Å². The van der Waals surface area contributed by atoms with Gasteiger partial charge in [-0.05, 0) is 36.5 Å². The van der Waals surface area contributed by atoms with Crippen molar-refractivity contribution in [1.82, 2.24) is 0 Å². The summed E-state index contributed by atoms with van der Waals surface area (Å²) < 4.78 is 17.3. The smallest absolute Gasteiger partial charge is 0.205 e. The Morgan fingerprint density at radius 2 is 2.00 bits per heavy atom. The second kappa shape index (κ2) is 8.20. The highest BCUT2D eigenvalue weighted by Gasteiger charge is 2.43. The van der Waals surface area contributed by atoms with Crippen LogP contribution in [0.2, 0.25) is 0 Å². The molecule has 0 bridgehead atoms. The molecule has 154 valence electrons. The Kier molecular flexibility index (Phi) is 5.88. The molecule has 1 aliphatic carbocycles. The highest BCUT2D eigenvalue weighted by Crippen LogP contribution is 2.48. The number of ketones is 1. The van der Waals surface area contributed by atoms with Crippen molar-refractivity contribution in [3.8, 4) is 17.6 Å². The van der Waals surface area contributed by atoms with E-state index in [1.807, 2.05) is 45.9 Å². The summed E-state index contributed by atoms with van der Waals surface area (Å²) in [6.45, 7) is 9.05. The first kappa shape index (κ1) is 20.8. The average molecular weight is 396 g/mol. The van der Waals surface area contributed by atoms with Crippen LogP contribution in [0.5, 0.6) is 11.5 Å². The van der Waals surface area contributed by atoms with Crippen molar-refractivity contribution in [3.05, 3.63) is 46.6 Å². The number of nitriles is 1. The SMILES string of the molecule is CCCOc1ccc([C@H]2C(C#N)=C(N)OC3=C2C(=O)CC(C)(C)C3)cc1OCC. The van der Waals surface area contributed by atoms with E-state index in [0.29, 0.717) is 48.9 Å². The van der Waals surface area contributed by atoms with Crippen LogP contribution in [-0.2, 0) is 9.53 Å². The molecule has 1 aliphatic heterocycles. The van der Waals surface area contributed by atoms with Gasteiger partial charge in [-0.1, -0.05) is 26.8 Å². The number of nitrogens with zero attached hydrogens (tertiary/aromatic N) is 1. The number of nitrogens with two attached hydrogens (primary N) is 1. The van der Waals surface area contributed by atoms with Gasteiger partial charge in [0.1, 0.15) is 17.4 Å². The first-order valence-electron chi connectivity index (χ1n) is 10.0. The standard InChI is InChI=1S/C23H28N2O4/c1-5-9-28-17-8-7-14(10-18(17)27-6-2)20-15(13-24)22(25)29-19-12-23(3,4)11-16(26)21(19)20/h7-8,10,20H,5-6,9,11-12,25H2,1-4H3/t20-/m0/s1. The Balaban J connectivity index is 2.11. The molecule has 1 atom stereocenters. The summed E-state index contributed by atoms with van der Waals surface area (Å²) in [4.78, 5) is 13.0. The van der Waals surface area contributed by atoms with Crippen LogP contribution >= 0.6 is 0 Å². The Morgan fingerprint density at radius 1 is 1.24 bits per heavy atom. The first-order chi connectivity index (χ1) is 13.8. The van der Waals surface area contributed by atoms with Gasteiger partial charge in [0, 0.05) is 18.4 Å². The van der Waals surface area contributed by atoms with Crippen molar-refractivity contribution in [1.29, 1.82) is 5.26 Å². The van der Waals surface area contributed by atoms with Crippen molar-refractivity contribution in [2.24, 2.45) is 11.1 Å². The van der Waals surface area contributed by atoms with E-state index in [-0.39, 0.29) is 22.7 Å². The fourth-order valence-electron chi connectivity index (χ4n) is 3.92. The Hall–Kier alpha value is -2.94. The second-order valence-corrected chi connectivity index (χ2v) is 8.19. The van der Waals surface area contributed by atoms with E-state index < -0.39 is 5.92 Å². The molecule has 1 aromatic rings. The van der Waals surface area contributed by atoms with E-state index in [1.54, 1.807) is 0 Å². The van der Waals surface area contributed by atoms with Crippen LogP contribution in [0, 0.1) is 16.7 Å². The minimum Gasteiger partial charge on any atom is -0.490 e. The quantitative estimate of drug-likeness (QED) is 0.769. The topological polar surface area (TPSA) is 94.6 Å². The molecule has 0 amide bonds. The van der Waals surface area contributed by atoms with Crippen LogP contribution in [0.4, 0.5) is 0 Å². The van der Waals surface area contributed by atoms with Crippen LogP contribution in [0.25, 0.3) is 0 Å². The van der Waals surface area contributed by atoms with Crippen LogP contribution in [0.1, 0.15) is 58.4 Å². The van der Waals surface area contributed by atoms with Crippen molar-refractivity contribution < 1.29 is 19.0 Å². The minimum absolute atomic E-state index is 0.00855. The predicted octanol–water partition coefficient (Wildman–Crippen LogP) is 4.32. The number of hydrogen-bond acceptors (Lipinski definition) is 6. The van der Waals surface area contributed by atoms with Crippen molar-refractivity contribution in [3.63, 3.8) is 0 Å². The molecular weight excluding hydrogens is 368 g/mol. The summed E-state index contributed by atoms with van der Waals surface area (Å²) in [6.07, 6.45) is 1.88. The first-order valence-corrected chi connectivity index (χ1v) is 10.0. The van der Waals surface area contributed by atoms with Gasteiger partial charge in [-0.2, -0.15) is 5.26 Å². The van der Waals surface area contributed by atoms with Crippen LogP contribution in [0.3, 0.4) is 0 Å². The summed E-state index contributed by atoms with van der Waals surface area (Å²) in [7, 11) is 0. The van der Waals surface area contributed by atoms with Gasteiger partial charge in [-0.25, -0.2) is 0 Å². The lowest BCUT2D eigenvalue weighted by molar-refractivity contribution is -0.119. The van der Waals surface area contributed by atoms with Crippen LogP contribution < -0.4 is 15.2 Å². The van der Waals surface area contributed by atoms with Crippen molar-refractivity contribution in [2.75, 3.05) is 13.2 Å². The summed E-state index contributed by atoms with van der Waals surface area (Å²) in [5.41, 5.74) is 7.42. The average Bonchev–Trinajstić information content (AvgIpc) is 2.65. The Morgan fingerprint density at radius 3 is 2.66 bits per heavy atom. The lowest BCUT2D eigenvalue weighted by Crippen LogP contribution is -2.33. The molecule has 6 nitrogen and oxygen atoms in total. The molecule has 0 fully saturated rings. The highest BCUT2D eigenvalue weighted by atomic mass is 16.5. The van der Waals surface area contributed by atoms with Crippen molar-refractivity contribution >= 4 is 5.78 Å². The molecule has 0 unspecified atom stereocenters. The van der Waals surface area contributed by atoms with Gasteiger partial charge >= 0.3 is 0 Å². The van der Waals surface area contributed by atoms with Gasteiger partial charge in [0.25, 0.3) is 0 Å². The van der Waals surface area contributed by atoms with Gasteiger partial charge < -0.3 is 19.9 Å². The fourth-order valence-corrected chi connectivity index (χ4v) is 3.92. The number of carbonyl (C=O) groups excluding carboxylic acids is 1. The maximum absolute atomic E-state index is 13.0. The van der Waals surface area contributed by atoms with E-state index >= 15 is 0 Å². The molecule has 0 radical (unpaired) electrons. The molecule has 2 aliphatic rings. The van der Waals surface area contributed by atoms with Gasteiger partial charge in [0.15, 0.2) is 17.3 Å². The zero-order valence-corrected chi connectivity index (χ0v) is 17.5. The normalized spacial score (nSPS) is 20.7. The Labute approximate surface area is 171 Å². The Bertz CT molecular complexity index is 921. The molecule has 1 heterocycles. The monoisotopic (exact) mass is 396 g/mol. The molecule has 29 heavy (non-hydrogen) atoms. The largest absolute Gasteiger partial charge is 0.490 e. The zero-order valence-electron chi connectivity index (χ0n) is 17.5. The van der Waals surface area contributed by atoms with E-state index in [1.165, 1.54) is 0 Å². The predicted molar refractivity (Wildman–Crippen MR) is 109 cm³/mol. The molecule has 0 aromatic heterocycles. The summed E-state index contributed by atoms with van der Waals surface area (Å²) >= 11 is 0. The molecule has 2 N–H and O–H groups in total. The molecule has 6 heteroatoms. The van der Waals surface area contributed by atoms with E-state index in [9.17, 15) is 10.1 Å². The van der Waals surface area contributed by atoms with E-state index in [4.69, 9.17) is 19.9 Å². The third kappa shape index (κ3) is 4.09. The number of benzene rings is 1. The van der Waals surface area contributed by atoms with Gasteiger partial charge in [0.05, 0.1) is 19.1 Å². The number of allylic oxidation sites excluding steroid dienone is 3. The third-order valence-electron chi connectivity index (χ3n) is 5.14. The van der Waals surface area contributed by atoms with E-state index in [0.717, 1.165) is 12.0 Å². The summed E-state index contributed by atoms with van der Waals surface area (Å²) in [5.74, 6) is 1.29. The number of Topliss-reactive ketones (excluding diaryl/α,β-unsaturated/α-hetero) is 1. The number of ether oxygens (including phenoxy) is 3. The van der Waals surface area contributed by atoms with Gasteiger partial charge in [-0.15, -0.1) is 0 Å². The maximum Gasteiger partial charge on any atom is 0.205 e.